The van der Waals surface area contributed by atoms with E-state index < -0.39 is 15.9 Å². The molecule has 1 amide bonds. The van der Waals surface area contributed by atoms with E-state index in [2.05, 4.69) is 20.4 Å². The lowest BCUT2D eigenvalue weighted by Crippen LogP contribution is -2.48. The number of nitrogens with zero attached hydrogens (tertiary/aromatic N) is 4. The summed E-state index contributed by atoms with van der Waals surface area (Å²) < 4.78 is 38.1. The number of halogens is 1. The smallest absolute Gasteiger partial charge is 0.272 e. The average Bonchev–Trinajstić information content (AvgIpc) is 3.49. The number of carbonyl (C=O) groups excluding carboxylic acids is 1. The molecule has 0 aliphatic carbocycles. The molecule has 3 aromatic rings. The van der Waals surface area contributed by atoms with Crippen LogP contribution < -0.4 is 14.8 Å². The van der Waals surface area contributed by atoms with Crippen LogP contribution in [0.4, 0.5) is 5.13 Å². The molecule has 0 atom stereocenters. The van der Waals surface area contributed by atoms with Gasteiger partial charge in [-0.05, 0) is 29.8 Å². The molecule has 5 rings (SSSR count). The van der Waals surface area contributed by atoms with Crippen molar-refractivity contribution in [3.05, 3.63) is 58.6 Å². The van der Waals surface area contributed by atoms with Gasteiger partial charge in [0.2, 0.25) is 16.3 Å². The minimum atomic E-state index is -3.82. The number of carbonyl (C=O) groups is 1. The summed E-state index contributed by atoms with van der Waals surface area (Å²) in [5, 5.41) is 10.6. The molecule has 2 aliphatic rings. The minimum Gasteiger partial charge on any atom is -0.454 e. The van der Waals surface area contributed by atoms with E-state index in [1.807, 2.05) is 18.2 Å². The number of hydrogen-bond donors (Lipinski definition) is 1. The second-order valence-corrected chi connectivity index (χ2v) is 11.2. The van der Waals surface area contributed by atoms with Crippen molar-refractivity contribution in [2.24, 2.45) is 0 Å². The van der Waals surface area contributed by atoms with E-state index in [4.69, 9.17) is 21.1 Å². The van der Waals surface area contributed by atoms with E-state index in [0.29, 0.717) is 32.7 Å². The lowest BCUT2D eigenvalue weighted by atomic mass is 10.2. The maximum absolute atomic E-state index is 13.1. The highest BCUT2D eigenvalue weighted by Crippen LogP contribution is 2.33. The second kappa shape index (κ2) is 9.47. The molecule has 2 aromatic carbocycles. The summed E-state index contributed by atoms with van der Waals surface area (Å²) in [4.78, 5) is 14.6. The quantitative estimate of drug-likeness (QED) is 0.492. The van der Waals surface area contributed by atoms with E-state index >= 15 is 0 Å². The number of piperazine rings is 1. The third kappa shape index (κ3) is 4.72. The highest BCUT2D eigenvalue weighted by atomic mass is 35.5. The fraction of sp³-hybridized carbons (Fsp3) is 0.286. The Bertz CT molecular complexity index is 1320. The Kier molecular flexibility index (Phi) is 6.40. The van der Waals surface area contributed by atoms with Gasteiger partial charge < -0.3 is 9.47 Å². The van der Waals surface area contributed by atoms with Crippen LogP contribution in [0.3, 0.4) is 0 Å². The van der Waals surface area contributed by atoms with Gasteiger partial charge >= 0.3 is 0 Å². The molecule has 1 N–H and O–H groups in total. The van der Waals surface area contributed by atoms with Gasteiger partial charge in [0.05, 0.1) is 10.6 Å². The van der Waals surface area contributed by atoms with Crippen LogP contribution in [0.1, 0.15) is 15.9 Å². The van der Waals surface area contributed by atoms with Crippen LogP contribution >= 0.6 is 22.9 Å². The number of aromatic nitrogens is 2. The normalized spacial score (nSPS) is 16.5. The first-order valence-corrected chi connectivity index (χ1v) is 13.0. The van der Waals surface area contributed by atoms with Crippen molar-refractivity contribution in [1.82, 2.24) is 19.4 Å². The van der Waals surface area contributed by atoms with Gasteiger partial charge in [-0.15, -0.1) is 10.2 Å². The van der Waals surface area contributed by atoms with Crippen LogP contribution in [0, 0.1) is 0 Å². The Morgan fingerprint density at radius 2 is 1.82 bits per heavy atom. The predicted octanol–water partition coefficient (Wildman–Crippen LogP) is 2.68. The van der Waals surface area contributed by atoms with E-state index in [1.165, 1.54) is 4.31 Å². The van der Waals surface area contributed by atoms with Gasteiger partial charge in [-0.25, -0.2) is 8.42 Å². The zero-order chi connectivity index (χ0) is 23.7. The number of ether oxygens (including phenoxy) is 2. The lowest BCUT2D eigenvalue weighted by Gasteiger charge is -2.33. The molecule has 13 heteroatoms. The summed E-state index contributed by atoms with van der Waals surface area (Å²) in [6, 6.07) is 12.4. The third-order valence-electron chi connectivity index (χ3n) is 5.48. The third-order valence-corrected chi connectivity index (χ3v) is 8.89. The maximum Gasteiger partial charge on any atom is 0.272 e. The molecule has 0 bridgehead atoms. The number of hydrogen-bond acceptors (Lipinski definition) is 9. The molecular weight excluding hydrogens is 502 g/mol. The molecule has 2 aliphatic heterocycles. The Morgan fingerprint density at radius 3 is 2.62 bits per heavy atom. The molecule has 178 valence electrons. The number of fused-ring (bicyclic) bond motifs is 1. The molecule has 1 saturated heterocycles. The van der Waals surface area contributed by atoms with Crippen molar-refractivity contribution in [3.8, 4) is 11.5 Å². The van der Waals surface area contributed by atoms with Gasteiger partial charge in [0.15, 0.2) is 11.5 Å². The molecule has 1 aromatic heterocycles. The van der Waals surface area contributed by atoms with Crippen LogP contribution in [-0.4, -0.2) is 66.7 Å². The number of benzene rings is 2. The topological polar surface area (TPSA) is 114 Å². The maximum atomic E-state index is 13.1. The van der Waals surface area contributed by atoms with E-state index in [1.54, 1.807) is 24.3 Å². The number of nitrogens with one attached hydrogen (secondary N) is 1. The molecule has 0 spiro atoms. The second-order valence-electron chi connectivity index (χ2n) is 7.67. The molecule has 3 heterocycles. The highest BCUT2D eigenvalue weighted by Gasteiger charge is 2.32. The number of anilines is 1. The van der Waals surface area contributed by atoms with Gasteiger partial charge in [-0.2, -0.15) is 4.31 Å². The number of sulfonamides is 1. The Hall–Kier alpha value is -2.77. The van der Waals surface area contributed by atoms with Gasteiger partial charge in [-0.3, -0.25) is 15.0 Å². The standard InChI is InChI=1S/C21H20ClN5O5S2/c22-16-4-2-1-3-15(16)19(28)23-20-24-25-21(33-20)34(29,30)27-9-7-26(8-10-27)12-14-5-6-17-18(11-14)32-13-31-17/h1-6,11H,7-10,12-13H2,(H,23,24,28). The summed E-state index contributed by atoms with van der Waals surface area (Å²) >= 11 is 6.85. The van der Waals surface area contributed by atoms with Crippen molar-refractivity contribution in [2.45, 2.75) is 10.9 Å². The summed E-state index contributed by atoms with van der Waals surface area (Å²) in [5.74, 6) is 0.981. The van der Waals surface area contributed by atoms with Crippen molar-refractivity contribution in [3.63, 3.8) is 0 Å². The van der Waals surface area contributed by atoms with Crippen molar-refractivity contribution in [2.75, 3.05) is 38.3 Å². The summed E-state index contributed by atoms with van der Waals surface area (Å²) in [5.41, 5.74) is 1.34. The summed E-state index contributed by atoms with van der Waals surface area (Å²) in [6.07, 6.45) is 0. The monoisotopic (exact) mass is 521 g/mol. The summed E-state index contributed by atoms with van der Waals surface area (Å²) in [7, 11) is -3.82. The first-order chi connectivity index (χ1) is 16.4. The Balaban J connectivity index is 1.19. The van der Waals surface area contributed by atoms with Crippen molar-refractivity contribution >= 4 is 44.0 Å². The van der Waals surface area contributed by atoms with Gasteiger partial charge in [-0.1, -0.05) is 41.1 Å². The fourth-order valence-electron chi connectivity index (χ4n) is 3.71. The van der Waals surface area contributed by atoms with Crippen LogP contribution in [0.5, 0.6) is 11.5 Å². The van der Waals surface area contributed by atoms with Gasteiger partial charge in [0, 0.05) is 32.7 Å². The molecular formula is C21H20ClN5O5S2. The van der Waals surface area contributed by atoms with E-state index in [-0.39, 0.29) is 26.9 Å². The number of amides is 1. The SMILES string of the molecule is O=C(Nc1nnc(S(=O)(=O)N2CCN(Cc3ccc4c(c3)OCO4)CC2)s1)c1ccccc1Cl. The molecule has 1 fully saturated rings. The molecule has 0 radical (unpaired) electrons. The predicted molar refractivity (Wildman–Crippen MR) is 126 cm³/mol. The zero-order valence-corrected chi connectivity index (χ0v) is 20.2. The van der Waals surface area contributed by atoms with Crippen LogP contribution in [-0.2, 0) is 16.6 Å². The first kappa shape index (κ1) is 23.0. The minimum absolute atomic E-state index is 0.0879. The molecule has 0 saturated carbocycles. The van der Waals surface area contributed by atoms with E-state index in [9.17, 15) is 13.2 Å². The largest absolute Gasteiger partial charge is 0.454 e. The zero-order valence-electron chi connectivity index (χ0n) is 17.8. The number of rotatable bonds is 6. The van der Waals surface area contributed by atoms with Gasteiger partial charge in [0.25, 0.3) is 15.9 Å². The van der Waals surface area contributed by atoms with Crippen LogP contribution in [0.15, 0.2) is 46.8 Å². The summed E-state index contributed by atoms with van der Waals surface area (Å²) in [6.45, 7) is 2.71. The van der Waals surface area contributed by atoms with Crippen molar-refractivity contribution < 1.29 is 22.7 Å². The fourth-order valence-corrected chi connectivity index (χ4v) is 6.39. The molecule has 0 unspecified atom stereocenters. The first-order valence-electron chi connectivity index (χ1n) is 10.4. The van der Waals surface area contributed by atoms with E-state index in [0.717, 1.165) is 28.4 Å². The lowest BCUT2D eigenvalue weighted by molar-refractivity contribution is 0.102. The Morgan fingerprint density at radius 1 is 1.06 bits per heavy atom. The highest BCUT2D eigenvalue weighted by molar-refractivity contribution is 7.91. The average molecular weight is 522 g/mol. The van der Waals surface area contributed by atoms with Crippen molar-refractivity contribution in [1.29, 1.82) is 0 Å². The Labute approximate surface area is 205 Å². The van der Waals surface area contributed by atoms with Gasteiger partial charge in [0.1, 0.15) is 0 Å². The molecule has 10 nitrogen and oxygen atoms in total. The van der Waals surface area contributed by atoms with Crippen LogP contribution in [0.2, 0.25) is 5.02 Å². The van der Waals surface area contributed by atoms with Crippen LogP contribution in [0.25, 0.3) is 0 Å². The molecule has 34 heavy (non-hydrogen) atoms.